The SMILES string of the molecule is CC[C@@H](C(=O)N1CCN(Cc2ccccc2)c2ncccc21)c1ccccc1. The number of fused-ring (bicyclic) bond motifs is 1. The van der Waals surface area contributed by atoms with Crippen molar-refractivity contribution in [1.29, 1.82) is 0 Å². The second-order valence-corrected chi connectivity index (χ2v) is 7.11. The first-order chi connectivity index (χ1) is 13.8. The van der Waals surface area contributed by atoms with Gasteiger partial charge in [0.2, 0.25) is 5.91 Å². The molecule has 1 aliphatic rings. The first-order valence-electron chi connectivity index (χ1n) is 9.88. The Kier molecular flexibility index (Phi) is 5.38. The molecule has 0 N–H and O–H groups in total. The van der Waals surface area contributed by atoms with Gasteiger partial charge in [0.15, 0.2) is 5.82 Å². The number of benzene rings is 2. The Labute approximate surface area is 166 Å². The molecule has 2 aromatic carbocycles. The molecule has 0 fully saturated rings. The van der Waals surface area contributed by atoms with Gasteiger partial charge in [0.25, 0.3) is 0 Å². The molecule has 4 nitrogen and oxygen atoms in total. The largest absolute Gasteiger partial charge is 0.349 e. The van der Waals surface area contributed by atoms with E-state index in [4.69, 9.17) is 0 Å². The molecule has 1 aliphatic heterocycles. The van der Waals surface area contributed by atoms with Crippen LogP contribution in [0.5, 0.6) is 0 Å². The standard InChI is InChI=1S/C24H25N3O/c1-2-21(20-12-7-4-8-13-20)24(28)27-17-16-26(18-19-10-5-3-6-11-19)23-22(27)14-9-15-25-23/h3-15,21H,2,16-18H2,1H3/t21-/m1/s1. The maximum atomic E-state index is 13.4. The monoisotopic (exact) mass is 371 g/mol. The summed E-state index contributed by atoms with van der Waals surface area (Å²) in [6.07, 6.45) is 2.59. The summed E-state index contributed by atoms with van der Waals surface area (Å²) in [6, 6.07) is 24.4. The van der Waals surface area contributed by atoms with Crippen LogP contribution >= 0.6 is 0 Å². The molecule has 3 aromatic rings. The zero-order chi connectivity index (χ0) is 19.3. The van der Waals surface area contributed by atoms with E-state index >= 15 is 0 Å². The fraction of sp³-hybridized carbons (Fsp3) is 0.250. The molecule has 0 bridgehead atoms. The fourth-order valence-electron chi connectivity index (χ4n) is 3.90. The zero-order valence-electron chi connectivity index (χ0n) is 16.2. The predicted molar refractivity (Wildman–Crippen MR) is 114 cm³/mol. The molecule has 1 aromatic heterocycles. The third-order valence-electron chi connectivity index (χ3n) is 5.34. The number of pyridine rings is 1. The van der Waals surface area contributed by atoms with Crippen LogP contribution in [0.15, 0.2) is 79.0 Å². The molecule has 1 amide bonds. The highest BCUT2D eigenvalue weighted by atomic mass is 16.2. The van der Waals surface area contributed by atoms with E-state index in [0.29, 0.717) is 6.54 Å². The number of carbonyl (C=O) groups is 1. The second-order valence-electron chi connectivity index (χ2n) is 7.11. The van der Waals surface area contributed by atoms with E-state index in [2.05, 4.69) is 41.1 Å². The minimum absolute atomic E-state index is 0.130. The number of aromatic nitrogens is 1. The summed E-state index contributed by atoms with van der Waals surface area (Å²) in [5.74, 6) is 0.908. The molecule has 142 valence electrons. The van der Waals surface area contributed by atoms with Crippen molar-refractivity contribution in [2.24, 2.45) is 0 Å². The van der Waals surface area contributed by atoms with Gasteiger partial charge in [0, 0.05) is 25.8 Å². The van der Waals surface area contributed by atoms with Crippen LogP contribution in [0.4, 0.5) is 11.5 Å². The Morgan fingerprint density at radius 2 is 1.68 bits per heavy atom. The average molecular weight is 371 g/mol. The molecule has 0 unspecified atom stereocenters. The summed E-state index contributed by atoms with van der Waals surface area (Å²) in [4.78, 5) is 22.2. The Morgan fingerprint density at radius 1 is 0.964 bits per heavy atom. The van der Waals surface area contributed by atoms with Crippen LogP contribution in [0.1, 0.15) is 30.4 Å². The number of anilines is 2. The third-order valence-corrected chi connectivity index (χ3v) is 5.34. The van der Waals surface area contributed by atoms with Crippen LogP contribution in [0.25, 0.3) is 0 Å². The molecule has 0 saturated carbocycles. The van der Waals surface area contributed by atoms with Gasteiger partial charge in [-0.1, -0.05) is 67.6 Å². The van der Waals surface area contributed by atoms with Gasteiger partial charge < -0.3 is 9.80 Å². The zero-order valence-corrected chi connectivity index (χ0v) is 16.2. The van der Waals surface area contributed by atoms with Gasteiger partial charge in [-0.3, -0.25) is 4.79 Å². The molecule has 4 rings (SSSR count). The van der Waals surface area contributed by atoms with Gasteiger partial charge in [0.1, 0.15) is 0 Å². The van der Waals surface area contributed by atoms with Gasteiger partial charge >= 0.3 is 0 Å². The fourth-order valence-corrected chi connectivity index (χ4v) is 3.90. The molecule has 0 radical (unpaired) electrons. The summed E-state index contributed by atoms with van der Waals surface area (Å²) in [7, 11) is 0. The van der Waals surface area contributed by atoms with Crippen molar-refractivity contribution in [2.45, 2.75) is 25.8 Å². The topological polar surface area (TPSA) is 36.4 Å². The highest BCUT2D eigenvalue weighted by molar-refractivity contribution is 6.01. The van der Waals surface area contributed by atoms with E-state index in [1.807, 2.05) is 53.4 Å². The Bertz CT molecular complexity index is 927. The van der Waals surface area contributed by atoms with Crippen molar-refractivity contribution in [3.8, 4) is 0 Å². The maximum absolute atomic E-state index is 13.4. The normalized spacial score (nSPS) is 14.5. The molecule has 0 saturated heterocycles. The highest BCUT2D eigenvalue weighted by Gasteiger charge is 2.31. The van der Waals surface area contributed by atoms with Gasteiger partial charge in [-0.05, 0) is 29.7 Å². The van der Waals surface area contributed by atoms with E-state index in [1.165, 1.54) is 5.56 Å². The maximum Gasteiger partial charge on any atom is 0.234 e. The molecule has 0 spiro atoms. The molecular weight excluding hydrogens is 346 g/mol. The quantitative estimate of drug-likeness (QED) is 0.656. The number of amides is 1. The summed E-state index contributed by atoms with van der Waals surface area (Å²) >= 11 is 0. The number of nitrogens with zero attached hydrogens (tertiary/aromatic N) is 3. The molecule has 0 aliphatic carbocycles. The summed E-state index contributed by atoms with van der Waals surface area (Å²) in [5, 5.41) is 0. The molecule has 1 atom stereocenters. The van der Waals surface area contributed by atoms with E-state index in [-0.39, 0.29) is 11.8 Å². The van der Waals surface area contributed by atoms with Crippen molar-refractivity contribution >= 4 is 17.4 Å². The first-order valence-corrected chi connectivity index (χ1v) is 9.88. The van der Waals surface area contributed by atoms with Crippen molar-refractivity contribution in [3.05, 3.63) is 90.1 Å². The van der Waals surface area contributed by atoms with Crippen LogP contribution < -0.4 is 9.80 Å². The average Bonchev–Trinajstić information content (AvgIpc) is 2.76. The van der Waals surface area contributed by atoms with Crippen LogP contribution in [0.2, 0.25) is 0 Å². The lowest BCUT2D eigenvalue weighted by atomic mass is 9.94. The van der Waals surface area contributed by atoms with Crippen LogP contribution in [0.3, 0.4) is 0 Å². The van der Waals surface area contributed by atoms with Crippen LogP contribution in [-0.2, 0) is 11.3 Å². The van der Waals surface area contributed by atoms with E-state index in [0.717, 1.165) is 36.6 Å². The predicted octanol–water partition coefficient (Wildman–Crippen LogP) is 4.63. The van der Waals surface area contributed by atoms with E-state index in [1.54, 1.807) is 6.20 Å². The first kappa shape index (κ1) is 18.2. The third kappa shape index (κ3) is 3.63. The Morgan fingerprint density at radius 3 is 2.39 bits per heavy atom. The van der Waals surface area contributed by atoms with Crippen molar-refractivity contribution in [1.82, 2.24) is 4.98 Å². The number of carbonyl (C=O) groups excluding carboxylic acids is 1. The second kappa shape index (κ2) is 8.26. The summed E-state index contributed by atoms with van der Waals surface area (Å²) < 4.78 is 0. The van der Waals surface area contributed by atoms with Crippen molar-refractivity contribution in [3.63, 3.8) is 0 Å². The smallest absolute Gasteiger partial charge is 0.234 e. The molecule has 2 heterocycles. The molecule has 4 heteroatoms. The minimum atomic E-state index is -0.130. The van der Waals surface area contributed by atoms with Gasteiger partial charge in [-0.25, -0.2) is 4.98 Å². The lowest BCUT2D eigenvalue weighted by Crippen LogP contribution is -2.46. The van der Waals surface area contributed by atoms with Gasteiger partial charge in [-0.15, -0.1) is 0 Å². The van der Waals surface area contributed by atoms with Gasteiger partial charge in [0.05, 0.1) is 11.6 Å². The van der Waals surface area contributed by atoms with E-state index < -0.39 is 0 Å². The number of rotatable bonds is 5. The summed E-state index contributed by atoms with van der Waals surface area (Å²) in [6.45, 7) is 4.32. The Hall–Kier alpha value is -3.14. The number of hydrogen-bond donors (Lipinski definition) is 0. The Balaban J connectivity index is 1.62. The van der Waals surface area contributed by atoms with Crippen LogP contribution in [-0.4, -0.2) is 24.0 Å². The lowest BCUT2D eigenvalue weighted by molar-refractivity contribution is -0.120. The van der Waals surface area contributed by atoms with Crippen LogP contribution in [0, 0.1) is 0 Å². The minimum Gasteiger partial charge on any atom is -0.349 e. The van der Waals surface area contributed by atoms with Crippen molar-refractivity contribution < 1.29 is 4.79 Å². The summed E-state index contributed by atoms with van der Waals surface area (Å²) in [5.41, 5.74) is 3.23. The van der Waals surface area contributed by atoms with Crippen molar-refractivity contribution in [2.75, 3.05) is 22.9 Å². The molecule has 28 heavy (non-hydrogen) atoms. The lowest BCUT2D eigenvalue weighted by Gasteiger charge is -2.38. The number of hydrogen-bond acceptors (Lipinski definition) is 3. The molecular formula is C24H25N3O. The van der Waals surface area contributed by atoms with Gasteiger partial charge in [-0.2, -0.15) is 0 Å². The highest BCUT2D eigenvalue weighted by Crippen LogP contribution is 2.34. The van der Waals surface area contributed by atoms with E-state index in [9.17, 15) is 4.79 Å².